The molecule has 0 heterocycles. The first-order valence-electron chi connectivity index (χ1n) is 8.70. The Kier molecular flexibility index (Phi) is 5.72. The SMILES string of the molecule is Cc1ccc(S(=O)(=O)N(C(=O)c2ccccc2Br)c2cccc(C)c2C)cc1. The lowest BCUT2D eigenvalue weighted by atomic mass is 10.1. The molecule has 4 nitrogen and oxygen atoms in total. The number of aryl methyl sites for hydroxylation is 2. The van der Waals surface area contributed by atoms with Crippen LogP contribution in [0, 0.1) is 20.8 Å². The zero-order valence-corrected chi connectivity index (χ0v) is 18.2. The van der Waals surface area contributed by atoms with E-state index in [1.165, 1.54) is 12.1 Å². The molecule has 0 bridgehead atoms. The first-order valence-corrected chi connectivity index (χ1v) is 10.9. The van der Waals surface area contributed by atoms with E-state index in [0.29, 0.717) is 10.2 Å². The van der Waals surface area contributed by atoms with Gasteiger partial charge in [0, 0.05) is 4.47 Å². The molecular weight excluding hydrogens is 438 g/mol. The first kappa shape index (κ1) is 20.3. The number of benzene rings is 3. The summed E-state index contributed by atoms with van der Waals surface area (Å²) < 4.78 is 28.5. The Morgan fingerprint density at radius 1 is 0.857 bits per heavy atom. The van der Waals surface area contributed by atoms with Gasteiger partial charge in [-0.1, -0.05) is 42.0 Å². The van der Waals surface area contributed by atoms with E-state index in [1.807, 2.05) is 26.8 Å². The summed E-state index contributed by atoms with van der Waals surface area (Å²) in [5.74, 6) is -0.609. The molecule has 0 unspecified atom stereocenters. The molecule has 0 spiro atoms. The van der Waals surface area contributed by atoms with Crippen LogP contribution in [0.15, 0.2) is 76.1 Å². The lowest BCUT2D eigenvalue weighted by molar-refractivity contribution is 0.100. The first-order chi connectivity index (χ1) is 13.2. The largest absolute Gasteiger partial charge is 0.273 e. The van der Waals surface area contributed by atoms with Crippen molar-refractivity contribution in [1.29, 1.82) is 0 Å². The number of halogens is 1. The molecule has 0 atom stereocenters. The van der Waals surface area contributed by atoms with Gasteiger partial charge in [0.05, 0.1) is 16.1 Å². The maximum atomic E-state index is 13.5. The zero-order valence-electron chi connectivity index (χ0n) is 15.8. The second kappa shape index (κ2) is 7.89. The van der Waals surface area contributed by atoms with E-state index < -0.39 is 15.9 Å². The molecule has 28 heavy (non-hydrogen) atoms. The Morgan fingerprint density at radius 2 is 1.50 bits per heavy atom. The Balaban J connectivity index is 2.26. The van der Waals surface area contributed by atoms with Crippen molar-refractivity contribution in [2.45, 2.75) is 25.7 Å². The van der Waals surface area contributed by atoms with Crippen molar-refractivity contribution in [3.8, 4) is 0 Å². The van der Waals surface area contributed by atoms with E-state index >= 15 is 0 Å². The van der Waals surface area contributed by atoms with Gasteiger partial charge >= 0.3 is 0 Å². The number of rotatable bonds is 4. The van der Waals surface area contributed by atoms with Gasteiger partial charge in [0.15, 0.2) is 0 Å². The lowest BCUT2D eigenvalue weighted by Gasteiger charge is -2.25. The topological polar surface area (TPSA) is 54.5 Å². The number of anilines is 1. The predicted octanol–water partition coefficient (Wildman–Crippen LogP) is 5.41. The maximum absolute atomic E-state index is 13.5. The van der Waals surface area contributed by atoms with Crippen LogP contribution in [0.1, 0.15) is 27.0 Å². The molecule has 0 aliphatic carbocycles. The standard InChI is InChI=1S/C22H20BrNO3S/c1-15-11-13-18(14-12-15)28(26,27)24(21-10-6-7-16(2)17(21)3)22(25)19-8-4-5-9-20(19)23/h4-14H,1-3H3. The minimum Gasteiger partial charge on any atom is -0.268 e. The highest BCUT2D eigenvalue weighted by Crippen LogP contribution is 2.31. The van der Waals surface area contributed by atoms with Crippen LogP contribution in [-0.2, 0) is 10.0 Å². The van der Waals surface area contributed by atoms with E-state index in [9.17, 15) is 13.2 Å². The van der Waals surface area contributed by atoms with Crippen LogP contribution in [0.25, 0.3) is 0 Å². The number of carbonyl (C=O) groups is 1. The summed E-state index contributed by atoms with van der Waals surface area (Å²) in [5, 5.41) is 0. The van der Waals surface area contributed by atoms with Gasteiger partial charge in [-0.05, 0) is 78.2 Å². The highest BCUT2D eigenvalue weighted by atomic mass is 79.9. The Bertz CT molecular complexity index is 1140. The smallest absolute Gasteiger partial charge is 0.268 e. The summed E-state index contributed by atoms with van der Waals surface area (Å²) in [4.78, 5) is 13.5. The molecule has 144 valence electrons. The molecule has 3 aromatic carbocycles. The van der Waals surface area contributed by atoms with Crippen molar-refractivity contribution >= 4 is 37.5 Å². The van der Waals surface area contributed by atoms with Crippen molar-refractivity contribution < 1.29 is 13.2 Å². The van der Waals surface area contributed by atoms with E-state index in [-0.39, 0.29) is 10.5 Å². The van der Waals surface area contributed by atoms with Crippen LogP contribution < -0.4 is 4.31 Å². The molecule has 0 aromatic heterocycles. The molecule has 0 saturated heterocycles. The monoisotopic (exact) mass is 457 g/mol. The number of hydrogen-bond acceptors (Lipinski definition) is 3. The minimum atomic E-state index is -4.11. The molecule has 3 aromatic rings. The highest BCUT2D eigenvalue weighted by molar-refractivity contribution is 9.10. The molecule has 6 heteroatoms. The number of carbonyl (C=O) groups excluding carboxylic acids is 1. The van der Waals surface area contributed by atoms with Gasteiger partial charge in [-0.2, -0.15) is 4.31 Å². The summed E-state index contributed by atoms with van der Waals surface area (Å²) in [6.45, 7) is 5.58. The van der Waals surface area contributed by atoms with E-state index in [0.717, 1.165) is 21.0 Å². The van der Waals surface area contributed by atoms with Gasteiger partial charge in [-0.25, -0.2) is 8.42 Å². The summed E-state index contributed by atoms with van der Waals surface area (Å²) >= 11 is 3.36. The minimum absolute atomic E-state index is 0.0689. The number of nitrogens with zero attached hydrogens (tertiary/aromatic N) is 1. The van der Waals surface area contributed by atoms with Crippen molar-refractivity contribution in [3.05, 3.63) is 93.5 Å². The Labute approximate surface area is 174 Å². The third kappa shape index (κ3) is 3.75. The number of amides is 1. The van der Waals surface area contributed by atoms with Gasteiger partial charge in [0.1, 0.15) is 0 Å². The fourth-order valence-corrected chi connectivity index (χ4v) is 4.78. The summed E-state index contributed by atoms with van der Waals surface area (Å²) in [5.41, 5.74) is 3.20. The Hall–Kier alpha value is -2.44. The quantitative estimate of drug-likeness (QED) is 0.526. The van der Waals surface area contributed by atoms with Crippen LogP contribution in [0.3, 0.4) is 0 Å². The second-order valence-electron chi connectivity index (χ2n) is 6.59. The zero-order chi connectivity index (χ0) is 20.5. The van der Waals surface area contributed by atoms with Crippen LogP contribution in [0.5, 0.6) is 0 Å². The molecule has 3 rings (SSSR count). The number of hydrogen-bond donors (Lipinski definition) is 0. The molecule has 1 amide bonds. The van der Waals surface area contributed by atoms with Crippen LogP contribution in [0.2, 0.25) is 0 Å². The van der Waals surface area contributed by atoms with Crippen molar-refractivity contribution in [2.75, 3.05) is 4.31 Å². The van der Waals surface area contributed by atoms with Gasteiger partial charge < -0.3 is 0 Å². The van der Waals surface area contributed by atoms with E-state index in [2.05, 4.69) is 15.9 Å². The summed E-state index contributed by atoms with van der Waals surface area (Å²) in [6, 6.07) is 18.6. The molecule has 0 N–H and O–H groups in total. The van der Waals surface area contributed by atoms with Gasteiger partial charge in [0.25, 0.3) is 15.9 Å². The van der Waals surface area contributed by atoms with Crippen LogP contribution in [-0.4, -0.2) is 14.3 Å². The normalized spacial score (nSPS) is 11.3. The van der Waals surface area contributed by atoms with Crippen molar-refractivity contribution in [3.63, 3.8) is 0 Å². The van der Waals surface area contributed by atoms with E-state index in [4.69, 9.17) is 0 Å². The molecule has 0 aliphatic rings. The predicted molar refractivity (Wildman–Crippen MR) is 115 cm³/mol. The lowest BCUT2D eigenvalue weighted by Crippen LogP contribution is -2.37. The third-order valence-electron chi connectivity index (χ3n) is 4.64. The van der Waals surface area contributed by atoms with Gasteiger partial charge in [-0.15, -0.1) is 0 Å². The van der Waals surface area contributed by atoms with Crippen LogP contribution in [0.4, 0.5) is 5.69 Å². The Morgan fingerprint density at radius 3 is 2.14 bits per heavy atom. The summed E-state index contributed by atoms with van der Waals surface area (Å²) in [7, 11) is -4.11. The molecule has 0 aliphatic heterocycles. The van der Waals surface area contributed by atoms with Crippen molar-refractivity contribution in [1.82, 2.24) is 0 Å². The fourth-order valence-electron chi connectivity index (χ4n) is 2.86. The second-order valence-corrected chi connectivity index (χ2v) is 9.23. The molecule has 0 fully saturated rings. The van der Waals surface area contributed by atoms with Crippen molar-refractivity contribution in [2.24, 2.45) is 0 Å². The van der Waals surface area contributed by atoms with E-state index in [1.54, 1.807) is 48.5 Å². The maximum Gasteiger partial charge on any atom is 0.273 e. The fraction of sp³-hybridized carbons (Fsp3) is 0.136. The molecular formula is C22H20BrNO3S. The average molecular weight is 458 g/mol. The third-order valence-corrected chi connectivity index (χ3v) is 7.05. The highest BCUT2D eigenvalue weighted by Gasteiger charge is 2.33. The molecule has 0 radical (unpaired) electrons. The van der Waals surface area contributed by atoms with Gasteiger partial charge in [0.2, 0.25) is 0 Å². The average Bonchev–Trinajstić information content (AvgIpc) is 2.66. The summed E-state index contributed by atoms with van der Waals surface area (Å²) in [6.07, 6.45) is 0. The van der Waals surface area contributed by atoms with Gasteiger partial charge in [-0.3, -0.25) is 4.79 Å². The number of sulfonamides is 1. The molecule has 0 saturated carbocycles. The van der Waals surface area contributed by atoms with Crippen LogP contribution >= 0.6 is 15.9 Å².